The molecule has 0 amide bonds. The molecule has 0 radical (unpaired) electrons. The van der Waals surface area contributed by atoms with Crippen LogP contribution in [0.4, 0.5) is 5.00 Å². The maximum atomic E-state index is 12.0. The van der Waals surface area contributed by atoms with Gasteiger partial charge in [-0.3, -0.25) is 0 Å². The van der Waals surface area contributed by atoms with E-state index in [0.717, 1.165) is 16.0 Å². The average molecular weight is 275 g/mol. The van der Waals surface area contributed by atoms with Gasteiger partial charge in [0.15, 0.2) is 0 Å². The third-order valence-corrected chi connectivity index (χ3v) is 3.92. The molecule has 2 aromatic rings. The van der Waals surface area contributed by atoms with Crippen molar-refractivity contribution in [2.24, 2.45) is 0 Å². The van der Waals surface area contributed by atoms with Crippen molar-refractivity contribution in [1.82, 2.24) is 0 Å². The van der Waals surface area contributed by atoms with Crippen LogP contribution in [0.1, 0.15) is 33.3 Å². The number of benzene rings is 1. The molecule has 2 N–H and O–H groups in total. The van der Waals surface area contributed by atoms with Crippen molar-refractivity contribution < 1.29 is 9.53 Å². The van der Waals surface area contributed by atoms with Crippen LogP contribution < -0.4 is 5.73 Å². The zero-order valence-electron chi connectivity index (χ0n) is 11.1. The Morgan fingerprint density at radius 2 is 2.00 bits per heavy atom. The number of carbonyl (C=O) groups excluding carboxylic acids is 1. The third kappa shape index (κ3) is 2.96. The van der Waals surface area contributed by atoms with Gasteiger partial charge in [-0.05, 0) is 31.4 Å². The van der Waals surface area contributed by atoms with E-state index >= 15 is 0 Å². The molecule has 100 valence electrons. The molecule has 0 aliphatic heterocycles. The number of hydrogen-bond acceptors (Lipinski definition) is 4. The molecule has 0 saturated heterocycles. The van der Waals surface area contributed by atoms with Crippen LogP contribution >= 0.6 is 11.3 Å². The second-order valence-corrected chi connectivity index (χ2v) is 5.52. The van der Waals surface area contributed by atoms with Crippen molar-refractivity contribution in [2.75, 3.05) is 12.3 Å². The van der Waals surface area contributed by atoms with Crippen LogP contribution in [0.5, 0.6) is 0 Å². The van der Waals surface area contributed by atoms with Crippen molar-refractivity contribution in [3.63, 3.8) is 0 Å². The van der Waals surface area contributed by atoms with E-state index in [4.69, 9.17) is 10.5 Å². The van der Waals surface area contributed by atoms with Gasteiger partial charge in [-0.25, -0.2) is 4.79 Å². The molecular formula is C15H17NO2S. The molecule has 1 aromatic carbocycles. The predicted molar refractivity (Wildman–Crippen MR) is 78.7 cm³/mol. The molecule has 0 aliphatic rings. The minimum atomic E-state index is -0.324. The quantitative estimate of drug-likeness (QED) is 0.870. The van der Waals surface area contributed by atoms with Gasteiger partial charge in [0.2, 0.25) is 0 Å². The summed E-state index contributed by atoms with van der Waals surface area (Å²) >= 11 is 1.45. The minimum absolute atomic E-state index is 0.324. The van der Waals surface area contributed by atoms with Gasteiger partial charge in [0.05, 0.1) is 12.2 Å². The summed E-state index contributed by atoms with van der Waals surface area (Å²) in [6.45, 7) is 4.14. The van der Waals surface area contributed by atoms with Gasteiger partial charge in [0.1, 0.15) is 5.00 Å². The van der Waals surface area contributed by atoms with Crippen LogP contribution in [0, 0.1) is 6.92 Å². The molecule has 0 aliphatic carbocycles. The Bertz CT molecular complexity index is 575. The van der Waals surface area contributed by atoms with Crippen LogP contribution in [-0.4, -0.2) is 12.6 Å². The van der Waals surface area contributed by atoms with E-state index in [0.29, 0.717) is 23.6 Å². The lowest BCUT2D eigenvalue weighted by Crippen LogP contribution is -2.09. The van der Waals surface area contributed by atoms with Crippen LogP contribution in [0.3, 0.4) is 0 Å². The van der Waals surface area contributed by atoms with Gasteiger partial charge in [0, 0.05) is 4.88 Å². The number of nitrogens with two attached hydrogens (primary N) is 1. The Hall–Kier alpha value is -1.81. The van der Waals surface area contributed by atoms with Crippen molar-refractivity contribution in [1.29, 1.82) is 0 Å². The lowest BCUT2D eigenvalue weighted by molar-refractivity contribution is 0.0527. The molecular weight excluding hydrogens is 258 g/mol. The van der Waals surface area contributed by atoms with E-state index in [-0.39, 0.29) is 5.97 Å². The summed E-state index contributed by atoms with van der Waals surface area (Å²) in [6.07, 6.45) is 0.703. The zero-order valence-corrected chi connectivity index (χ0v) is 11.9. The van der Waals surface area contributed by atoms with Gasteiger partial charge < -0.3 is 10.5 Å². The van der Waals surface area contributed by atoms with Gasteiger partial charge in [-0.15, -0.1) is 11.3 Å². The van der Waals surface area contributed by atoms with E-state index in [9.17, 15) is 4.79 Å². The van der Waals surface area contributed by atoms with E-state index in [1.165, 1.54) is 11.3 Å². The fourth-order valence-corrected chi connectivity index (χ4v) is 2.98. The number of hydrogen-bond donors (Lipinski definition) is 1. The summed E-state index contributed by atoms with van der Waals surface area (Å²) in [5.74, 6) is -0.324. The molecule has 0 spiro atoms. The van der Waals surface area contributed by atoms with Crippen molar-refractivity contribution in [2.45, 2.75) is 20.3 Å². The number of carbonyl (C=O) groups is 1. The lowest BCUT2D eigenvalue weighted by Gasteiger charge is -2.06. The summed E-state index contributed by atoms with van der Waals surface area (Å²) in [6, 6.07) is 10.0. The van der Waals surface area contributed by atoms with Gasteiger partial charge in [-0.1, -0.05) is 30.3 Å². The normalized spacial score (nSPS) is 10.4. The third-order valence-electron chi connectivity index (χ3n) is 2.94. The maximum absolute atomic E-state index is 12.0. The minimum Gasteiger partial charge on any atom is -0.462 e. The van der Waals surface area contributed by atoms with Gasteiger partial charge in [-0.2, -0.15) is 0 Å². The molecule has 19 heavy (non-hydrogen) atoms. The first-order valence-electron chi connectivity index (χ1n) is 6.22. The number of thiophene rings is 1. The molecule has 0 unspecified atom stereocenters. The maximum Gasteiger partial charge on any atom is 0.341 e. The Balaban J connectivity index is 2.37. The van der Waals surface area contributed by atoms with E-state index in [1.54, 1.807) is 6.92 Å². The first-order valence-corrected chi connectivity index (χ1v) is 7.04. The molecule has 3 nitrogen and oxygen atoms in total. The summed E-state index contributed by atoms with van der Waals surface area (Å²) < 4.78 is 5.09. The summed E-state index contributed by atoms with van der Waals surface area (Å²) in [4.78, 5) is 13.1. The molecule has 0 bridgehead atoms. The molecule has 0 atom stereocenters. The van der Waals surface area contributed by atoms with Crippen LogP contribution in [-0.2, 0) is 11.2 Å². The molecule has 4 heteroatoms. The van der Waals surface area contributed by atoms with Gasteiger partial charge in [0.25, 0.3) is 0 Å². The Morgan fingerprint density at radius 3 is 2.63 bits per heavy atom. The number of anilines is 1. The second kappa shape index (κ2) is 5.89. The molecule has 1 aromatic heterocycles. The zero-order chi connectivity index (χ0) is 13.8. The van der Waals surface area contributed by atoms with Crippen molar-refractivity contribution in [3.05, 3.63) is 51.9 Å². The fourth-order valence-electron chi connectivity index (χ4n) is 2.04. The summed E-state index contributed by atoms with van der Waals surface area (Å²) in [5.41, 5.74) is 8.62. The van der Waals surface area contributed by atoms with Crippen LogP contribution in [0.2, 0.25) is 0 Å². The highest BCUT2D eigenvalue weighted by Crippen LogP contribution is 2.32. The number of aryl methyl sites for hydroxylation is 1. The Kier molecular flexibility index (Phi) is 4.22. The standard InChI is InChI=1S/C15H17NO2S/c1-3-18-15(17)13-12(10(2)19-14(13)16)9-11-7-5-4-6-8-11/h4-8H,3,9,16H2,1-2H3. The molecule has 1 heterocycles. The summed E-state index contributed by atoms with van der Waals surface area (Å²) in [5, 5.41) is 0.543. The second-order valence-electron chi connectivity index (χ2n) is 4.26. The van der Waals surface area contributed by atoms with Gasteiger partial charge >= 0.3 is 5.97 Å². The fraction of sp³-hybridized carbons (Fsp3) is 0.267. The van der Waals surface area contributed by atoms with Crippen molar-refractivity contribution >= 4 is 22.3 Å². The van der Waals surface area contributed by atoms with E-state index < -0.39 is 0 Å². The number of ether oxygens (including phenoxy) is 1. The van der Waals surface area contributed by atoms with Crippen molar-refractivity contribution in [3.8, 4) is 0 Å². The number of esters is 1. The molecule has 0 fully saturated rings. The summed E-state index contributed by atoms with van der Waals surface area (Å²) in [7, 11) is 0. The topological polar surface area (TPSA) is 52.3 Å². The smallest absolute Gasteiger partial charge is 0.341 e. The predicted octanol–water partition coefficient (Wildman–Crippen LogP) is 3.41. The highest BCUT2D eigenvalue weighted by molar-refractivity contribution is 7.16. The van der Waals surface area contributed by atoms with Crippen LogP contribution in [0.15, 0.2) is 30.3 Å². The average Bonchev–Trinajstić information content (AvgIpc) is 2.66. The number of nitrogen functional groups attached to an aromatic ring is 1. The van der Waals surface area contributed by atoms with E-state index in [1.807, 2.05) is 37.3 Å². The lowest BCUT2D eigenvalue weighted by atomic mass is 10.0. The Morgan fingerprint density at radius 1 is 1.32 bits per heavy atom. The molecule has 2 rings (SSSR count). The van der Waals surface area contributed by atoms with Crippen LogP contribution in [0.25, 0.3) is 0 Å². The SMILES string of the molecule is CCOC(=O)c1c(N)sc(C)c1Cc1ccccc1. The Labute approximate surface area is 117 Å². The highest BCUT2D eigenvalue weighted by Gasteiger charge is 2.21. The van der Waals surface area contributed by atoms with E-state index in [2.05, 4.69) is 0 Å². The largest absolute Gasteiger partial charge is 0.462 e. The molecule has 0 saturated carbocycles. The monoisotopic (exact) mass is 275 g/mol. The first-order chi connectivity index (χ1) is 9.13. The first kappa shape index (κ1) is 13.6. The highest BCUT2D eigenvalue weighted by atomic mass is 32.1. The number of rotatable bonds is 4.